The largest absolute Gasteiger partial charge is 0.497 e. The fourth-order valence-corrected chi connectivity index (χ4v) is 2.65. The summed E-state index contributed by atoms with van der Waals surface area (Å²) in [5.41, 5.74) is 0.0373. The van der Waals surface area contributed by atoms with Gasteiger partial charge in [-0.3, -0.25) is 0 Å². The first-order chi connectivity index (χ1) is 9.93. The minimum Gasteiger partial charge on any atom is -0.497 e. The van der Waals surface area contributed by atoms with Crippen LogP contribution < -0.4 is 15.4 Å². The van der Waals surface area contributed by atoms with Crippen LogP contribution in [0.15, 0.2) is 18.2 Å². The van der Waals surface area contributed by atoms with Crippen molar-refractivity contribution in [2.75, 3.05) is 12.4 Å². The van der Waals surface area contributed by atoms with Crippen molar-refractivity contribution in [1.82, 2.24) is 5.32 Å². The highest BCUT2D eigenvalue weighted by atomic mass is 16.5. The summed E-state index contributed by atoms with van der Waals surface area (Å²) in [6.45, 7) is 2.00. The lowest BCUT2D eigenvalue weighted by Crippen LogP contribution is -2.45. The number of hydrogen-bond donors (Lipinski definition) is 3. The molecule has 6 nitrogen and oxygen atoms in total. The van der Waals surface area contributed by atoms with Crippen LogP contribution in [0.25, 0.3) is 0 Å². The Balaban J connectivity index is 2.13. The van der Waals surface area contributed by atoms with Gasteiger partial charge in [0.1, 0.15) is 5.75 Å². The van der Waals surface area contributed by atoms with Gasteiger partial charge >= 0.3 is 12.0 Å². The molecule has 1 saturated carbocycles. The molecule has 2 rings (SSSR count). The van der Waals surface area contributed by atoms with Gasteiger partial charge in [-0.1, -0.05) is 12.8 Å². The molecule has 1 aromatic rings. The van der Waals surface area contributed by atoms with E-state index in [4.69, 9.17) is 9.84 Å². The highest BCUT2D eigenvalue weighted by molar-refractivity contribution is 6.00. The Morgan fingerprint density at radius 2 is 1.95 bits per heavy atom. The van der Waals surface area contributed by atoms with Crippen molar-refractivity contribution in [3.63, 3.8) is 0 Å². The average Bonchev–Trinajstić information content (AvgIpc) is 2.84. The van der Waals surface area contributed by atoms with Gasteiger partial charge in [-0.25, -0.2) is 9.59 Å². The van der Waals surface area contributed by atoms with E-state index < -0.39 is 12.0 Å². The molecule has 0 aliphatic heterocycles. The molecule has 1 aliphatic rings. The standard InChI is InChI=1S/C15H20N2O4/c1-15(7-3-4-8-15)17-14(20)16-12-9-10(21-2)5-6-11(12)13(18)19/h5-6,9H,3-4,7-8H2,1-2H3,(H,18,19)(H2,16,17,20). The number of amides is 2. The Kier molecular flexibility index (Phi) is 4.35. The van der Waals surface area contributed by atoms with E-state index >= 15 is 0 Å². The number of urea groups is 1. The molecule has 6 heteroatoms. The van der Waals surface area contributed by atoms with Gasteiger partial charge in [-0.2, -0.15) is 0 Å². The molecule has 21 heavy (non-hydrogen) atoms. The van der Waals surface area contributed by atoms with E-state index in [1.54, 1.807) is 6.07 Å². The van der Waals surface area contributed by atoms with Crippen LogP contribution in [0.1, 0.15) is 43.0 Å². The average molecular weight is 292 g/mol. The van der Waals surface area contributed by atoms with Gasteiger partial charge < -0.3 is 20.5 Å². The Morgan fingerprint density at radius 3 is 2.52 bits per heavy atom. The molecular weight excluding hydrogens is 272 g/mol. The number of aromatic carboxylic acids is 1. The molecule has 3 N–H and O–H groups in total. The van der Waals surface area contributed by atoms with E-state index in [0.29, 0.717) is 5.75 Å². The number of carbonyl (C=O) groups is 2. The summed E-state index contributed by atoms with van der Waals surface area (Å²) in [4.78, 5) is 23.3. The van der Waals surface area contributed by atoms with Crippen molar-refractivity contribution in [2.24, 2.45) is 0 Å². The smallest absolute Gasteiger partial charge is 0.337 e. The first kappa shape index (κ1) is 15.2. The maximum Gasteiger partial charge on any atom is 0.337 e. The summed E-state index contributed by atoms with van der Waals surface area (Å²) in [5, 5.41) is 14.7. The molecule has 1 aromatic carbocycles. The van der Waals surface area contributed by atoms with Crippen molar-refractivity contribution in [1.29, 1.82) is 0 Å². The maximum absolute atomic E-state index is 12.1. The van der Waals surface area contributed by atoms with Gasteiger partial charge in [0.2, 0.25) is 0 Å². The number of ether oxygens (including phenoxy) is 1. The number of methoxy groups -OCH3 is 1. The predicted molar refractivity (Wildman–Crippen MR) is 79.0 cm³/mol. The molecule has 1 aliphatic carbocycles. The number of anilines is 1. The topological polar surface area (TPSA) is 87.7 Å². The van der Waals surface area contributed by atoms with E-state index in [2.05, 4.69) is 10.6 Å². The third-order valence-electron chi connectivity index (χ3n) is 3.83. The Hall–Kier alpha value is -2.24. The number of carboxylic acid groups (broad SMARTS) is 1. The summed E-state index contributed by atoms with van der Waals surface area (Å²) in [7, 11) is 1.49. The first-order valence-corrected chi connectivity index (χ1v) is 6.94. The number of hydrogen-bond acceptors (Lipinski definition) is 3. The van der Waals surface area contributed by atoms with Gasteiger partial charge in [-0.15, -0.1) is 0 Å². The minimum absolute atomic E-state index is 0.0301. The number of nitrogens with one attached hydrogen (secondary N) is 2. The van der Waals surface area contributed by atoms with Gasteiger partial charge in [-0.05, 0) is 31.9 Å². The molecule has 0 spiro atoms. The van der Waals surface area contributed by atoms with E-state index in [9.17, 15) is 9.59 Å². The Bertz CT molecular complexity index is 551. The van der Waals surface area contributed by atoms with E-state index in [1.807, 2.05) is 6.92 Å². The lowest BCUT2D eigenvalue weighted by Gasteiger charge is -2.25. The fourth-order valence-electron chi connectivity index (χ4n) is 2.65. The van der Waals surface area contributed by atoms with Crippen molar-refractivity contribution >= 4 is 17.7 Å². The quantitative estimate of drug-likeness (QED) is 0.796. The van der Waals surface area contributed by atoms with E-state index in [-0.39, 0.29) is 16.8 Å². The third-order valence-corrected chi connectivity index (χ3v) is 3.83. The van der Waals surface area contributed by atoms with Crippen LogP contribution in [0.3, 0.4) is 0 Å². The van der Waals surface area contributed by atoms with Crippen molar-refractivity contribution in [2.45, 2.75) is 38.1 Å². The fraction of sp³-hybridized carbons (Fsp3) is 0.467. The summed E-state index contributed by atoms with van der Waals surface area (Å²) in [6.07, 6.45) is 4.06. The zero-order valence-corrected chi connectivity index (χ0v) is 12.2. The second kappa shape index (κ2) is 6.03. The molecule has 114 valence electrons. The van der Waals surface area contributed by atoms with Crippen LogP contribution in [0.5, 0.6) is 5.75 Å². The van der Waals surface area contributed by atoms with Crippen molar-refractivity contribution in [3.05, 3.63) is 23.8 Å². The molecule has 0 unspecified atom stereocenters. The SMILES string of the molecule is COc1ccc(C(=O)O)c(NC(=O)NC2(C)CCCC2)c1. The normalized spacial score (nSPS) is 16.3. The third kappa shape index (κ3) is 3.65. The van der Waals surface area contributed by atoms with Crippen LogP contribution in [0, 0.1) is 0 Å². The van der Waals surface area contributed by atoms with Gasteiger partial charge in [0.05, 0.1) is 18.4 Å². The van der Waals surface area contributed by atoms with Crippen LogP contribution >= 0.6 is 0 Å². The Labute approximate surface area is 123 Å². The Morgan fingerprint density at radius 1 is 1.29 bits per heavy atom. The summed E-state index contributed by atoms with van der Waals surface area (Å²) < 4.78 is 5.06. The van der Waals surface area contributed by atoms with Crippen LogP contribution in [0.2, 0.25) is 0 Å². The van der Waals surface area contributed by atoms with Crippen LogP contribution in [-0.2, 0) is 0 Å². The zero-order chi connectivity index (χ0) is 15.5. The molecule has 0 atom stereocenters. The number of carboxylic acids is 1. The van der Waals surface area contributed by atoms with Gasteiger partial charge in [0, 0.05) is 11.6 Å². The molecule has 2 amide bonds. The van der Waals surface area contributed by atoms with E-state index in [0.717, 1.165) is 25.7 Å². The lowest BCUT2D eigenvalue weighted by molar-refractivity contribution is 0.0698. The monoisotopic (exact) mass is 292 g/mol. The minimum atomic E-state index is -1.10. The first-order valence-electron chi connectivity index (χ1n) is 6.94. The number of benzene rings is 1. The van der Waals surface area contributed by atoms with Crippen LogP contribution in [-0.4, -0.2) is 29.8 Å². The molecule has 0 bridgehead atoms. The molecule has 0 radical (unpaired) electrons. The van der Waals surface area contributed by atoms with E-state index in [1.165, 1.54) is 19.2 Å². The number of rotatable bonds is 4. The summed E-state index contributed by atoms with van der Waals surface area (Å²) >= 11 is 0. The highest BCUT2D eigenvalue weighted by Gasteiger charge is 2.30. The summed E-state index contributed by atoms with van der Waals surface area (Å²) in [5.74, 6) is -0.609. The molecule has 0 saturated heterocycles. The predicted octanol–water partition coefficient (Wildman–Crippen LogP) is 2.85. The number of carbonyl (C=O) groups excluding carboxylic acids is 1. The molecule has 1 fully saturated rings. The van der Waals surface area contributed by atoms with Crippen LogP contribution in [0.4, 0.5) is 10.5 Å². The summed E-state index contributed by atoms with van der Waals surface area (Å²) in [6, 6.07) is 4.06. The molecular formula is C15H20N2O4. The van der Waals surface area contributed by atoms with Crippen molar-refractivity contribution < 1.29 is 19.4 Å². The van der Waals surface area contributed by atoms with Gasteiger partial charge in [0.25, 0.3) is 0 Å². The second-order valence-electron chi connectivity index (χ2n) is 5.56. The van der Waals surface area contributed by atoms with Gasteiger partial charge in [0.15, 0.2) is 0 Å². The molecule has 0 heterocycles. The van der Waals surface area contributed by atoms with Crippen molar-refractivity contribution in [3.8, 4) is 5.75 Å². The maximum atomic E-state index is 12.1. The zero-order valence-electron chi connectivity index (χ0n) is 12.2. The second-order valence-corrected chi connectivity index (χ2v) is 5.56. The highest BCUT2D eigenvalue weighted by Crippen LogP contribution is 2.29. The molecule has 0 aromatic heterocycles. The lowest BCUT2D eigenvalue weighted by atomic mass is 10.0.